The number of pyridine rings is 2. The third-order valence-corrected chi connectivity index (χ3v) is 5.53. The van der Waals surface area contributed by atoms with E-state index in [4.69, 9.17) is 4.74 Å². The van der Waals surface area contributed by atoms with E-state index in [1.807, 2.05) is 48.7 Å². The van der Waals surface area contributed by atoms with Gasteiger partial charge in [-0.05, 0) is 49.8 Å². The van der Waals surface area contributed by atoms with Gasteiger partial charge in [0.2, 0.25) is 0 Å². The van der Waals surface area contributed by atoms with E-state index < -0.39 is 0 Å². The maximum absolute atomic E-state index is 12.4. The number of amides is 2. The Morgan fingerprint density at radius 2 is 1.97 bits per heavy atom. The van der Waals surface area contributed by atoms with E-state index in [-0.39, 0.29) is 6.03 Å². The summed E-state index contributed by atoms with van der Waals surface area (Å²) < 4.78 is 5.79. The Kier molecular flexibility index (Phi) is 7.71. The van der Waals surface area contributed by atoms with Gasteiger partial charge in [0.25, 0.3) is 0 Å². The molecule has 0 radical (unpaired) electrons. The fourth-order valence-corrected chi connectivity index (χ4v) is 3.66. The summed E-state index contributed by atoms with van der Waals surface area (Å²) in [6.45, 7) is 4.98. The summed E-state index contributed by atoms with van der Waals surface area (Å²) in [6.07, 6.45) is 6.46. The normalized spacial score (nSPS) is 14.4. The molecule has 1 aliphatic heterocycles. The molecule has 0 aliphatic carbocycles. The molecule has 2 amide bonds. The summed E-state index contributed by atoms with van der Waals surface area (Å²) in [7, 11) is 2.16. The third kappa shape index (κ3) is 6.92. The minimum atomic E-state index is -0.279. The molecule has 0 unspecified atom stereocenters. The number of nitrogens with zero attached hydrogens (tertiary/aromatic N) is 4. The number of hydrogen-bond donors (Lipinski definition) is 2. The van der Waals surface area contributed by atoms with E-state index in [0.29, 0.717) is 24.6 Å². The third-order valence-electron chi connectivity index (χ3n) is 5.53. The molecular weight excluding hydrogens is 416 g/mol. The van der Waals surface area contributed by atoms with Crippen LogP contribution in [-0.2, 0) is 13.2 Å². The van der Waals surface area contributed by atoms with Crippen molar-refractivity contribution in [3.8, 4) is 5.75 Å². The van der Waals surface area contributed by atoms with E-state index in [9.17, 15) is 4.79 Å². The molecule has 0 atom stereocenters. The maximum Gasteiger partial charge on any atom is 0.319 e. The van der Waals surface area contributed by atoms with Gasteiger partial charge in [0.1, 0.15) is 18.2 Å². The molecule has 1 fully saturated rings. The molecule has 172 valence electrons. The molecule has 33 heavy (non-hydrogen) atoms. The van der Waals surface area contributed by atoms with Crippen LogP contribution in [-0.4, -0.2) is 54.1 Å². The molecule has 0 saturated carbocycles. The van der Waals surface area contributed by atoms with Crippen molar-refractivity contribution in [2.24, 2.45) is 0 Å². The number of urea groups is 1. The minimum Gasteiger partial charge on any atom is -0.489 e. The van der Waals surface area contributed by atoms with Crippen LogP contribution in [0.15, 0.2) is 67.1 Å². The van der Waals surface area contributed by atoms with E-state index in [0.717, 1.165) is 49.5 Å². The van der Waals surface area contributed by atoms with Crippen LogP contribution < -0.4 is 20.3 Å². The Morgan fingerprint density at radius 1 is 1.03 bits per heavy atom. The molecule has 8 heteroatoms. The summed E-state index contributed by atoms with van der Waals surface area (Å²) >= 11 is 0. The van der Waals surface area contributed by atoms with E-state index >= 15 is 0 Å². The lowest BCUT2D eigenvalue weighted by molar-refractivity contribution is 0.251. The SMILES string of the molecule is CN1CCCN(c2ccc(CNC(=O)Nc3cccc(OCc4cccnc4)c3)cn2)CC1. The number of aromatic nitrogens is 2. The van der Waals surface area contributed by atoms with Crippen molar-refractivity contribution < 1.29 is 9.53 Å². The molecule has 0 bridgehead atoms. The first-order valence-corrected chi connectivity index (χ1v) is 11.2. The van der Waals surface area contributed by atoms with Crippen LogP contribution in [0.4, 0.5) is 16.3 Å². The number of nitrogens with one attached hydrogen (secondary N) is 2. The van der Waals surface area contributed by atoms with Crippen LogP contribution >= 0.6 is 0 Å². The zero-order valence-corrected chi connectivity index (χ0v) is 18.9. The number of carbonyl (C=O) groups excluding carboxylic acids is 1. The Morgan fingerprint density at radius 3 is 2.79 bits per heavy atom. The molecule has 3 heterocycles. The van der Waals surface area contributed by atoms with Gasteiger partial charge >= 0.3 is 6.03 Å². The van der Waals surface area contributed by atoms with Crippen LogP contribution in [0.3, 0.4) is 0 Å². The molecule has 0 spiro atoms. The van der Waals surface area contributed by atoms with Gasteiger partial charge in [-0.2, -0.15) is 0 Å². The summed E-state index contributed by atoms with van der Waals surface area (Å²) in [5, 5.41) is 5.73. The predicted octanol–water partition coefficient (Wildman–Crippen LogP) is 3.52. The van der Waals surface area contributed by atoms with Crippen molar-refractivity contribution in [2.45, 2.75) is 19.6 Å². The molecule has 1 aromatic carbocycles. The lowest BCUT2D eigenvalue weighted by Crippen LogP contribution is -2.30. The number of likely N-dealkylation sites (N-methyl/N-ethyl adjacent to an activating group) is 1. The Balaban J connectivity index is 1.24. The van der Waals surface area contributed by atoms with E-state index in [1.54, 1.807) is 18.5 Å². The Bertz CT molecular complexity index is 1030. The fourth-order valence-electron chi connectivity index (χ4n) is 3.66. The number of ether oxygens (including phenoxy) is 1. The smallest absolute Gasteiger partial charge is 0.319 e. The number of rotatable bonds is 7. The monoisotopic (exact) mass is 446 g/mol. The average molecular weight is 447 g/mol. The Hall–Kier alpha value is -3.65. The molecule has 3 aromatic rings. The number of anilines is 2. The number of carbonyl (C=O) groups is 1. The van der Waals surface area contributed by atoms with Gasteiger partial charge in [-0.15, -0.1) is 0 Å². The van der Waals surface area contributed by atoms with Crippen LogP contribution in [0.1, 0.15) is 17.5 Å². The lowest BCUT2D eigenvalue weighted by atomic mass is 10.2. The number of hydrogen-bond acceptors (Lipinski definition) is 6. The first-order valence-electron chi connectivity index (χ1n) is 11.2. The average Bonchev–Trinajstić information content (AvgIpc) is 3.07. The predicted molar refractivity (Wildman–Crippen MR) is 129 cm³/mol. The minimum absolute atomic E-state index is 0.279. The molecule has 1 aliphatic rings. The van der Waals surface area contributed by atoms with Gasteiger partial charge in [-0.3, -0.25) is 4.98 Å². The second kappa shape index (κ2) is 11.3. The zero-order chi connectivity index (χ0) is 22.9. The van der Waals surface area contributed by atoms with Crippen LogP contribution in [0.2, 0.25) is 0 Å². The zero-order valence-electron chi connectivity index (χ0n) is 18.9. The highest BCUT2D eigenvalue weighted by atomic mass is 16.5. The molecular formula is C25H30N6O2. The molecule has 4 rings (SSSR count). The first kappa shape index (κ1) is 22.5. The molecule has 2 aromatic heterocycles. The van der Waals surface area contributed by atoms with Crippen molar-refractivity contribution in [3.05, 3.63) is 78.2 Å². The highest BCUT2D eigenvalue weighted by Gasteiger charge is 2.13. The first-order chi connectivity index (χ1) is 16.2. The quantitative estimate of drug-likeness (QED) is 0.578. The van der Waals surface area contributed by atoms with Gasteiger partial charge in [0.05, 0.1) is 0 Å². The van der Waals surface area contributed by atoms with Crippen molar-refractivity contribution in [2.75, 3.05) is 43.4 Å². The van der Waals surface area contributed by atoms with Crippen molar-refractivity contribution in [1.29, 1.82) is 0 Å². The summed E-state index contributed by atoms with van der Waals surface area (Å²) in [5.41, 5.74) is 2.60. The van der Waals surface area contributed by atoms with Crippen molar-refractivity contribution in [1.82, 2.24) is 20.2 Å². The molecule has 2 N–H and O–H groups in total. The van der Waals surface area contributed by atoms with Crippen LogP contribution in [0, 0.1) is 0 Å². The van der Waals surface area contributed by atoms with Crippen molar-refractivity contribution in [3.63, 3.8) is 0 Å². The van der Waals surface area contributed by atoms with Gasteiger partial charge in [0.15, 0.2) is 0 Å². The standard InChI is InChI=1S/C25H30N6O2/c1-30-11-4-12-31(14-13-30)24-9-8-20(17-27-24)18-28-25(32)29-22-6-2-7-23(15-22)33-19-21-5-3-10-26-16-21/h2-3,5-10,15-17H,4,11-14,18-19H2,1H3,(H2,28,29,32). The summed E-state index contributed by atoms with van der Waals surface area (Å²) in [4.78, 5) is 25.7. The second-order valence-electron chi connectivity index (χ2n) is 8.15. The number of benzene rings is 1. The molecule has 8 nitrogen and oxygen atoms in total. The highest BCUT2D eigenvalue weighted by molar-refractivity contribution is 5.89. The van der Waals surface area contributed by atoms with Gasteiger partial charge < -0.3 is 25.2 Å². The summed E-state index contributed by atoms with van der Waals surface area (Å²) in [5.74, 6) is 1.66. The van der Waals surface area contributed by atoms with Gasteiger partial charge in [-0.1, -0.05) is 18.2 Å². The lowest BCUT2D eigenvalue weighted by Gasteiger charge is -2.21. The molecule has 1 saturated heterocycles. The largest absolute Gasteiger partial charge is 0.489 e. The second-order valence-corrected chi connectivity index (χ2v) is 8.15. The van der Waals surface area contributed by atoms with Crippen LogP contribution in [0.5, 0.6) is 5.75 Å². The van der Waals surface area contributed by atoms with E-state index in [1.165, 1.54) is 0 Å². The van der Waals surface area contributed by atoms with E-state index in [2.05, 4.69) is 37.4 Å². The van der Waals surface area contributed by atoms with Crippen LogP contribution in [0.25, 0.3) is 0 Å². The highest BCUT2D eigenvalue weighted by Crippen LogP contribution is 2.19. The summed E-state index contributed by atoms with van der Waals surface area (Å²) in [6, 6.07) is 14.9. The topological polar surface area (TPSA) is 82.6 Å². The Labute approximate surface area is 194 Å². The van der Waals surface area contributed by atoms with Crippen molar-refractivity contribution >= 4 is 17.5 Å². The van der Waals surface area contributed by atoms with Gasteiger partial charge in [0, 0.05) is 62.1 Å². The van der Waals surface area contributed by atoms with Gasteiger partial charge in [-0.25, -0.2) is 9.78 Å². The maximum atomic E-state index is 12.4. The fraction of sp³-hybridized carbons (Fsp3) is 0.320.